The van der Waals surface area contributed by atoms with Crippen molar-refractivity contribution in [2.45, 2.75) is 58.2 Å². The summed E-state index contributed by atoms with van der Waals surface area (Å²) in [4.78, 5) is 32.2. The lowest BCUT2D eigenvalue weighted by Crippen LogP contribution is -2.39. The number of aromatic nitrogens is 2. The first-order valence-electron chi connectivity index (χ1n) is 11.7. The van der Waals surface area contributed by atoms with Crippen LogP contribution in [0, 0.1) is 0 Å². The van der Waals surface area contributed by atoms with Crippen molar-refractivity contribution in [3.8, 4) is 0 Å². The van der Waals surface area contributed by atoms with Gasteiger partial charge in [-0.15, -0.1) is 0 Å². The number of carbonyl (C=O) groups is 2. The minimum Gasteiger partial charge on any atom is -0.368 e. The van der Waals surface area contributed by atoms with Gasteiger partial charge in [-0.1, -0.05) is 30.3 Å². The van der Waals surface area contributed by atoms with E-state index in [1.54, 1.807) is 0 Å². The van der Waals surface area contributed by atoms with Gasteiger partial charge < -0.3 is 19.5 Å². The minimum absolute atomic E-state index is 0.0206. The Hall–Kier alpha value is -3.19. The van der Waals surface area contributed by atoms with Gasteiger partial charge in [0.25, 0.3) is 0 Å². The number of rotatable bonds is 9. The molecule has 1 atom stereocenters. The predicted molar refractivity (Wildman–Crippen MR) is 129 cm³/mol. The lowest BCUT2D eigenvalue weighted by molar-refractivity contribution is -0.130. The smallest absolute Gasteiger partial charge is 0.249 e. The van der Waals surface area contributed by atoms with Crippen molar-refractivity contribution in [2.75, 3.05) is 18.1 Å². The van der Waals surface area contributed by atoms with E-state index in [1.807, 2.05) is 77.9 Å². The second-order valence-electron chi connectivity index (χ2n) is 8.69. The lowest BCUT2D eigenvalue weighted by atomic mass is 10.2. The van der Waals surface area contributed by atoms with Crippen LogP contribution in [0.15, 0.2) is 54.6 Å². The van der Waals surface area contributed by atoms with E-state index in [2.05, 4.69) is 5.32 Å². The van der Waals surface area contributed by atoms with Crippen LogP contribution in [0.4, 0.5) is 5.69 Å². The van der Waals surface area contributed by atoms with Gasteiger partial charge in [-0.2, -0.15) is 0 Å². The van der Waals surface area contributed by atoms with Crippen LogP contribution in [-0.2, 0) is 27.3 Å². The van der Waals surface area contributed by atoms with Gasteiger partial charge in [0, 0.05) is 31.3 Å². The molecule has 1 N–H and O–H groups in total. The van der Waals surface area contributed by atoms with E-state index in [0.29, 0.717) is 19.6 Å². The highest BCUT2D eigenvalue weighted by atomic mass is 16.5. The molecule has 7 nitrogen and oxygen atoms in total. The second kappa shape index (κ2) is 10.6. The monoisotopic (exact) mass is 448 g/mol. The second-order valence-corrected chi connectivity index (χ2v) is 8.69. The summed E-state index contributed by atoms with van der Waals surface area (Å²) < 4.78 is 7.45. The Labute approximate surface area is 194 Å². The average Bonchev–Trinajstić information content (AvgIpc) is 3.46. The summed E-state index contributed by atoms with van der Waals surface area (Å²) in [6, 6.07) is 17.7. The number of benzene rings is 2. The standard InChI is InChI=1S/C26H32N4O3/c1-19(2)30(20-10-4-3-5-11-20)25(31)18-29-22-13-7-6-12-21(22)28-24(29)15-8-16-27-26(32)23-14-9-17-33-23/h3-7,10-13,19,23H,8-9,14-18H2,1-2H3,(H,27,32). The van der Waals surface area contributed by atoms with Gasteiger partial charge in [-0.3, -0.25) is 9.59 Å². The van der Waals surface area contributed by atoms with Crippen molar-refractivity contribution in [3.05, 3.63) is 60.4 Å². The SMILES string of the molecule is CC(C)N(C(=O)Cn1c(CCCNC(=O)C2CCCO2)nc2ccccc21)c1ccccc1. The van der Waals surface area contributed by atoms with Crippen LogP contribution < -0.4 is 10.2 Å². The van der Waals surface area contributed by atoms with Crippen molar-refractivity contribution >= 4 is 28.5 Å². The highest BCUT2D eigenvalue weighted by molar-refractivity contribution is 5.94. The molecule has 2 heterocycles. The van der Waals surface area contributed by atoms with Crippen molar-refractivity contribution in [1.29, 1.82) is 0 Å². The van der Waals surface area contributed by atoms with Crippen molar-refractivity contribution < 1.29 is 14.3 Å². The van der Waals surface area contributed by atoms with E-state index in [0.717, 1.165) is 41.8 Å². The van der Waals surface area contributed by atoms with E-state index in [1.165, 1.54) is 0 Å². The molecule has 4 rings (SSSR count). The van der Waals surface area contributed by atoms with Gasteiger partial charge in [0.15, 0.2) is 0 Å². The van der Waals surface area contributed by atoms with Gasteiger partial charge in [-0.05, 0) is 57.4 Å². The van der Waals surface area contributed by atoms with E-state index >= 15 is 0 Å². The van der Waals surface area contributed by atoms with Gasteiger partial charge in [-0.25, -0.2) is 4.98 Å². The summed E-state index contributed by atoms with van der Waals surface area (Å²) in [5.41, 5.74) is 2.71. The Morgan fingerprint density at radius 2 is 1.91 bits per heavy atom. The fourth-order valence-corrected chi connectivity index (χ4v) is 4.38. The number of amides is 2. The maximum atomic E-state index is 13.4. The number of aryl methyl sites for hydroxylation is 1. The quantitative estimate of drug-likeness (QED) is 0.507. The highest BCUT2D eigenvalue weighted by Gasteiger charge is 2.24. The number of nitrogens with one attached hydrogen (secondary N) is 1. The molecule has 1 fully saturated rings. The molecular weight excluding hydrogens is 416 g/mol. The largest absolute Gasteiger partial charge is 0.368 e. The lowest BCUT2D eigenvalue weighted by Gasteiger charge is -2.27. The fourth-order valence-electron chi connectivity index (χ4n) is 4.38. The molecule has 1 aromatic heterocycles. The summed E-state index contributed by atoms with van der Waals surface area (Å²) in [6.07, 6.45) is 2.82. The first-order chi connectivity index (χ1) is 16.0. The number of anilines is 1. The van der Waals surface area contributed by atoms with Gasteiger partial charge in [0.2, 0.25) is 11.8 Å². The zero-order valence-electron chi connectivity index (χ0n) is 19.4. The fraction of sp³-hybridized carbons (Fsp3) is 0.423. The van der Waals surface area contributed by atoms with Crippen molar-refractivity contribution in [2.24, 2.45) is 0 Å². The molecule has 0 saturated carbocycles. The third-order valence-electron chi connectivity index (χ3n) is 5.94. The molecule has 3 aromatic rings. The zero-order valence-corrected chi connectivity index (χ0v) is 19.4. The Kier molecular flexibility index (Phi) is 7.40. The molecule has 2 aromatic carbocycles. The van der Waals surface area contributed by atoms with Crippen LogP contribution in [0.2, 0.25) is 0 Å². The molecule has 0 radical (unpaired) electrons. The Bertz CT molecular complexity index is 1090. The molecule has 1 aliphatic rings. The number of para-hydroxylation sites is 3. The molecule has 33 heavy (non-hydrogen) atoms. The molecule has 0 bridgehead atoms. The predicted octanol–water partition coefficient (Wildman–Crippen LogP) is 3.71. The number of hydrogen-bond donors (Lipinski definition) is 1. The Morgan fingerprint density at radius 3 is 2.64 bits per heavy atom. The summed E-state index contributed by atoms with van der Waals surface area (Å²) in [5, 5.41) is 2.97. The molecule has 0 aliphatic carbocycles. The highest BCUT2D eigenvalue weighted by Crippen LogP contribution is 2.21. The number of ether oxygens (including phenoxy) is 1. The number of nitrogens with zero attached hydrogens (tertiary/aromatic N) is 3. The van der Waals surface area contributed by atoms with Gasteiger partial charge >= 0.3 is 0 Å². The molecule has 1 unspecified atom stereocenters. The summed E-state index contributed by atoms with van der Waals surface area (Å²) >= 11 is 0. The summed E-state index contributed by atoms with van der Waals surface area (Å²) in [5.74, 6) is 0.839. The number of hydrogen-bond acceptors (Lipinski definition) is 4. The van der Waals surface area contributed by atoms with Crippen LogP contribution in [0.5, 0.6) is 0 Å². The first kappa shape index (κ1) is 23.0. The molecule has 7 heteroatoms. The van der Waals surface area contributed by atoms with Crippen molar-refractivity contribution in [1.82, 2.24) is 14.9 Å². The summed E-state index contributed by atoms with van der Waals surface area (Å²) in [6.45, 7) is 5.47. The average molecular weight is 449 g/mol. The van der Waals surface area contributed by atoms with Gasteiger partial charge in [0.1, 0.15) is 18.5 Å². The Balaban J connectivity index is 1.47. The van der Waals surface area contributed by atoms with Crippen LogP contribution in [0.3, 0.4) is 0 Å². The third kappa shape index (κ3) is 5.42. The maximum Gasteiger partial charge on any atom is 0.249 e. The number of fused-ring (bicyclic) bond motifs is 1. The van der Waals surface area contributed by atoms with Crippen LogP contribution in [0.25, 0.3) is 11.0 Å². The molecule has 2 amide bonds. The number of carbonyl (C=O) groups excluding carboxylic acids is 2. The Morgan fingerprint density at radius 1 is 1.15 bits per heavy atom. The van der Waals surface area contributed by atoms with Crippen LogP contribution in [-0.4, -0.2) is 46.7 Å². The van der Waals surface area contributed by atoms with E-state index < -0.39 is 0 Å². The van der Waals surface area contributed by atoms with Crippen LogP contribution >= 0.6 is 0 Å². The zero-order chi connectivity index (χ0) is 23.2. The van der Waals surface area contributed by atoms with Crippen LogP contribution in [0.1, 0.15) is 38.9 Å². The van der Waals surface area contributed by atoms with E-state index in [9.17, 15) is 9.59 Å². The number of imidazole rings is 1. The topological polar surface area (TPSA) is 76.5 Å². The molecule has 1 saturated heterocycles. The molecular formula is C26H32N4O3. The van der Waals surface area contributed by atoms with Gasteiger partial charge in [0.05, 0.1) is 11.0 Å². The van der Waals surface area contributed by atoms with E-state index in [4.69, 9.17) is 9.72 Å². The first-order valence-corrected chi connectivity index (χ1v) is 11.7. The minimum atomic E-state index is -0.313. The summed E-state index contributed by atoms with van der Waals surface area (Å²) in [7, 11) is 0. The molecule has 1 aliphatic heterocycles. The molecule has 0 spiro atoms. The third-order valence-corrected chi connectivity index (χ3v) is 5.94. The van der Waals surface area contributed by atoms with E-state index in [-0.39, 0.29) is 30.5 Å². The maximum absolute atomic E-state index is 13.4. The molecule has 174 valence electrons. The normalized spacial score (nSPS) is 15.8. The van der Waals surface area contributed by atoms with Crippen molar-refractivity contribution in [3.63, 3.8) is 0 Å².